The Morgan fingerprint density at radius 1 is 1.44 bits per heavy atom. The van der Waals surface area contributed by atoms with Gasteiger partial charge in [0.05, 0.1) is 5.41 Å². The molecule has 1 aromatic heterocycles. The summed E-state index contributed by atoms with van der Waals surface area (Å²) in [5.74, 6) is 1.52. The van der Waals surface area contributed by atoms with E-state index >= 15 is 0 Å². The zero-order valence-electron chi connectivity index (χ0n) is 9.99. The van der Waals surface area contributed by atoms with Crippen LogP contribution in [0.5, 0.6) is 0 Å². The molecule has 16 heavy (non-hydrogen) atoms. The number of hydrogen-bond donors (Lipinski definition) is 0. The van der Waals surface area contributed by atoms with Gasteiger partial charge in [-0.1, -0.05) is 12.1 Å². The van der Waals surface area contributed by atoms with Gasteiger partial charge in [0.25, 0.3) is 0 Å². The van der Waals surface area contributed by atoms with Gasteiger partial charge in [0.2, 0.25) is 11.8 Å². The van der Waals surface area contributed by atoms with Crippen LogP contribution in [0, 0.1) is 6.92 Å². The molecular weight excluding hydrogens is 206 g/mol. The lowest BCUT2D eigenvalue weighted by Gasteiger charge is -2.36. The number of nitrogens with zero attached hydrogens (tertiary/aromatic N) is 3. The van der Waals surface area contributed by atoms with Crippen LogP contribution in [-0.4, -0.2) is 34.0 Å². The second kappa shape index (κ2) is 3.88. The molecule has 0 saturated carbocycles. The van der Waals surface area contributed by atoms with E-state index in [2.05, 4.69) is 17.1 Å². The van der Waals surface area contributed by atoms with Crippen molar-refractivity contribution in [2.75, 3.05) is 13.1 Å². The predicted molar refractivity (Wildman–Crippen MR) is 57.9 cm³/mol. The van der Waals surface area contributed by atoms with E-state index in [1.807, 2.05) is 11.8 Å². The molecule has 1 aliphatic heterocycles. The summed E-state index contributed by atoms with van der Waals surface area (Å²) >= 11 is 0. The molecular formula is C11H17N3O2. The van der Waals surface area contributed by atoms with Crippen molar-refractivity contribution in [2.45, 2.75) is 39.0 Å². The van der Waals surface area contributed by atoms with Crippen LogP contribution in [0.1, 0.15) is 38.4 Å². The second-order valence-electron chi connectivity index (χ2n) is 4.71. The molecule has 0 N–H and O–H groups in total. The summed E-state index contributed by atoms with van der Waals surface area (Å²) in [7, 11) is 0. The van der Waals surface area contributed by atoms with Gasteiger partial charge in [-0.15, -0.1) is 0 Å². The summed E-state index contributed by atoms with van der Waals surface area (Å²) in [5, 5.41) is 3.82. The quantitative estimate of drug-likeness (QED) is 0.719. The van der Waals surface area contributed by atoms with Crippen molar-refractivity contribution in [3.8, 4) is 0 Å². The van der Waals surface area contributed by atoms with Gasteiger partial charge in [0.15, 0.2) is 5.82 Å². The molecule has 1 saturated heterocycles. The van der Waals surface area contributed by atoms with Crippen molar-refractivity contribution in [1.29, 1.82) is 0 Å². The van der Waals surface area contributed by atoms with Crippen LogP contribution in [0.2, 0.25) is 0 Å². The highest BCUT2D eigenvalue weighted by atomic mass is 16.5. The molecule has 0 bridgehead atoms. The third-order valence-corrected chi connectivity index (χ3v) is 3.36. The van der Waals surface area contributed by atoms with Crippen molar-refractivity contribution in [3.63, 3.8) is 0 Å². The van der Waals surface area contributed by atoms with Crippen LogP contribution in [0.3, 0.4) is 0 Å². The van der Waals surface area contributed by atoms with E-state index in [9.17, 15) is 4.79 Å². The molecule has 88 valence electrons. The van der Waals surface area contributed by atoms with Crippen molar-refractivity contribution >= 4 is 5.91 Å². The lowest BCUT2D eigenvalue weighted by Crippen LogP contribution is -2.43. The van der Waals surface area contributed by atoms with E-state index < -0.39 is 0 Å². The number of piperidine rings is 1. The lowest BCUT2D eigenvalue weighted by atomic mass is 9.80. The van der Waals surface area contributed by atoms with E-state index in [-0.39, 0.29) is 11.3 Å². The minimum Gasteiger partial charge on any atom is -0.343 e. The smallest absolute Gasteiger partial charge is 0.232 e. The summed E-state index contributed by atoms with van der Waals surface area (Å²) in [5.41, 5.74) is -0.0762. The Morgan fingerprint density at radius 3 is 2.50 bits per heavy atom. The Labute approximate surface area is 94.8 Å². The number of carbonyl (C=O) groups excluding carboxylic acids is 1. The molecule has 1 aliphatic rings. The topological polar surface area (TPSA) is 59.2 Å². The summed E-state index contributed by atoms with van der Waals surface area (Å²) in [6, 6.07) is 0. The monoisotopic (exact) mass is 223 g/mol. The summed E-state index contributed by atoms with van der Waals surface area (Å²) in [6.07, 6.45) is 1.77. The van der Waals surface area contributed by atoms with Gasteiger partial charge in [-0.3, -0.25) is 4.79 Å². The van der Waals surface area contributed by atoms with Crippen LogP contribution < -0.4 is 0 Å². The van der Waals surface area contributed by atoms with Gasteiger partial charge in [0.1, 0.15) is 0 Å². The molecule has 0 unspecified atom stereocenters. The molecule has 0 radical (unpaired) electrons. The fraction of sp³-hybridized carbons (Fsp3) is 0.727. The second-order valence-corrected chi connectivity index (χ2v) is 4.71. The molecule has 0 aromatic carbocycles. The van der Waals surface area contributed by atoms with E-state index in [0.29, 0.717) is 11.7 Å². The minimum atomic E-state index is -0.0762. The normalized spacial score (nSPS) is 19.8. The molecule has 0 aliphatic carbocycles. The number of aromatic nitrogens is 2. The highest BCUT2D eigenvalue weighted by Gasteiger charge is 2.37. The molecule has 0 spiro atoms. The number of amides is 1. The van der Waals surface area contributed by atoms with Crippen LogP contribution in [0.4, 0.5) is 0 Å². The van der Waals surface area contributed by atoms with Crippen molar-refractivity contribution in [2.24, 2.45) is 0 Å². The van der Waals surface area contributed by atoms with Crippen LogP contribution in [-0.2, 0) is 10.2 Å². The first-order chi connectivity index (χ1) is 7.51. The first kappa shape index (κ1) is 11.1. The third-order valence-electron chi connectivity index (χ3n) is 3.36. The first-order valence-electron chi connectivity index (χ1n) is 5.57. The molecule has 2 rings (SSSR count). The maximum Gasteiger partial charge on any atom is 0.232 e. The summed E-state index contributed by atoms with van der Waals surface area (Å²) in [6.45, 7) is 7.10. The van der Waals surface area contributed by atoms with Crippen LogP contribution in [0.25, 0.3) is 0 Å². The Morgan fingerprint density at radius 2 is 2.06 bits per heavy atom. The molecule has 1 amide bonds. The van der Waals surface area contributed by atoms with Crippen molar-refractivity contribution < 1.29 is 9.32 Å². The average molecular weight is 223 g/mol. The van der Waals surface area contributed by atoms with Gasteiger partial charge >= 0.3 is 0 Å². The molecule has 0 atom stereocenters. The number of rotatable bonds is 1. The molecule has 5 nitrogen and oxygen atoms in total. The first-order valence-corrected chi connectivity index (χ1v) is 5.57. The highest BCUT2D eigenvalue weighted by molar-refractivity contribution is 5.73. The van der Waals surface area contributed by atoms with Gasteiger partial charge in [0, 0.05) is 20.0 Å². The zero-order valence-corrected chi connectivity index (χ0v) is 9.99. The lowest BCUT2D eigenvalue weighted by molar-refractivity contribution is -0.130. The summed E-state index contributed by atoms with van der Waals surface area (Å²) in [4.78, 5) is 17.4. The average Bonchev–Trinajstić information content (AvgIpc) is 2.66. The Hall–Kier alpha value is -1.39. The molecule has 1 aromatic rings. The standard InChI is InChI=1S/C11H17N3O2/c1-8-12-10(16-13-8)11(3)4-6-14(7-5-11)9(2)15/h4-7H2,1-3H3. The van der Waals surface area contributed by atoms with Gasteiger partial charge < -0.3 is 9.42 Å². The third kappa shape index (κ3) is 1.94. The van der Waals surface area contributed by atoms with E-state index in [1.165, 1.54) is 0 Å². The van der Waals surface area contributed by atoms with Crippen molar-refractivity contribution in [1.82, 2.24) is 15.0 Å². The number of carbonyl (C=O) groups is 1. The molecule has 1 fully saturated rings. The van der Waals surface area contributed by atoms with Crippen LogP contribution >= 0.6 is 0 Å². The maximum atomic E-state index is 11.2. The van der Waals surface area contributed by atoms with E-state index in [1.54, 1.807) is 6.92 Å². The van der Waals surface area contributed by atoms with Crippen molar-refractivity contribution in [3.05, 3.63) is 11.7 Å². The highest BCUT2D eigenvalue weighted by Crippen LogP contribution is 2.33. The van der Waals surface area contributed by atoms with Gasteiger partial charge in [-0.05, 0) is 19.8 Å². The number of hydrogen-bond acceptors (Lipinski definition) is 4. The minimum absolute atomic E-state index is 0.0762. The van der Waals surface area contributed by atoms with Gasteiger partial charge in [-0.25, -0.2) is 0 Å². The Balaban J connectivity index is 2.09. The molecule has 2 heterocycles. The predicted octanol–water partition coefficient (Wildman–Crippen LogP) is 1.28. The fourth-order valence-corrected chi connectivity index (χ4v) is 2.07. The summed E-state index contributed by atoms with van der Waals surface area (Å²) < 4.78 is 5.24. The number of likely N-dealkylation sites (tertiary alicyclic amines) is 1. The Bertz CT molecular complexity index is 392. The van der Waals surface area contributed by atoms with Crippen LogP contribution in [0.15, 0.2) is 4.52 Å². The van der Waals surface area contributed by atoms with E-state index in [4.69, 9.17) is 4.52 Å². The largest absolute Gasteiger partial charge is 0.343 e. The van der Waals surface area contributed by atoms with E-state index in [0.717, 1.165) is 25.9 Å². The molecule has 5 heteroatoms. The zero-order chi connectivity index (χ0) is 11.8. The maximum absolute atomic E-state index is 11.2. The Kier molecular flexibility index (Phi) is 2.69. The van der Waals surface area contributed by atoms with Gasteiger partial charge in [-0.2, -0.15) is 4.98 Å². The number of aryl methyl sites for hydroxylation is 1. The fourth-order valence-electron chi connectivity index (χ4n) is 2.07. The SMILES string of the molecule is CC(=O)N1CCC(C)(c2nc(C)no2)CC1.